The Labute approximate surface area is 152 Å². The van der Waals surface area contributed by atoms with Crippen LogP contribution in [-0.4, -0.2) is 49.7 Å². The van der Waals surface area contributed by atoms with Gasteiger partial charge in [-0.3, -0.25) is 4.79 Å². The first kappa shape index (κ1) is 18.6. The van der Waals surface area contributed by atoms with Crippen LogP contribution in [0.15, 0.2) is 23.1 Å². The molecule has 25 heavy (non-hydrogen) atoms. The zero-order valence-corrected chi connectivity index (χ0v) is 15.5. The van der Waals surface area contributed by atoms with Gasteiger partial charge in [0.25, 0.3) is 0 Å². The molecule has 2 fully saturated rings. The molecule has 1 heterocycles. The van der Waals surface area contributed by atoms with Crippen LogP contribution in [0.3, 0.4) is 0 Å². The molecule has 1 saturated carbocycles. The van der Waals surface area contributed by atoms with E-state index in [2.05, 4.69) is 0 Å². The van der Waals surface area contributed by atoms with Gasteiger partial charge in [-0.05, 0) is 31.0 Å². The molecule has 0 atom stereocenters. The first-order valence-electron chi connectivity index (χ1n) is 8.63. The van der Waals surface area contributed by atoms with Crippen LogP contribution in [0.4, 0.5) is 4.39 Å². The number of hydrogen-bond acceptors (Lipinski definition) is 3. The Hall–Kier alpha value is -1.18. The van der Waals surface area contributed by atoms with Gasteiger partial charge in [0.05, 0.1) is 9.92 Å². The fourth-order valence-electron chi connectivity index (χ4n) is 3.54. The van der Waals surface area contributed by atoms with E-state index in [1.165, 1.54) is 16.8 Å². The quantitative estimate of drug-likeness (QED) is 0.800. The summed E-state index contributed by atoms with van der Waals surface area (Å²) in [5.41, 5.74) is 0. The van der Waals surface area contributed by atoms with Gasteiger partial charge in [0.2, 0.25) is 15.9 Å². The van der Waals surface area contributed by atoms with Crippen molar-refractivity contribution >= 4 is 27.5 Å². The standard InChI is InChI=1S/C17H22ClFN2O3S/c18-15-12-14(6-7-16(15)19)25(23,24)21-10-8-20(9-11-21)17(22)13-4-2-1-3-5-13/h6-7,12-13H,1-5,8-11H2. The third-order valence-corrected chi connectivity index (χ3v) is 7.22. The number of amides is 1. The smallest absolute Gasteiger partial charge is 0.243 e. The number of piperazine rings is 1. The number of carbonyl (C=O) groups excluding carboxylic acids is 1. The van der Waals surface area contributed by atoms with E-state index in [1.54, 1.807) is 4.90 Å². The van der Waals surface area contributed by atoms with Gasteiger partial charge in [0.1, 0.15) is 5.82 Å². The molecule has 0 unspecified atom stereocenters. The summed E-state index contributed by atoms with van der Waals surface area (Å²) in [6, 6.07) is 3.40. The lowest BCUT2D eigenvalue weighted by Gasteiger charge is -2.36. The highest BCUT2D eigenvalue weighted by Gasteiger charge is 2.33. The van der Waals surface area contributed by atoms with Crippen LogP contribution in [0.1, 0.15) is 32.1 Å². The molecule has 1 aromatic rings. The fourth-order valence-corrected chi connectivity index (χ4v) is 5.24. The largest absolute Gasteiger partial charge is 0.340 e. The van der Waals surface area contributed by atoms with E-state index in [9.17, 15) is 17.6 Å². The van der Waals surface area contributed by atoms with Crippen molar-refractivity contribution < 1.29 is 17.6 Å². The molecule has 3 rings (SSSR count). The molecule has 0 aromatic heterocycles. The second kappa shape index (κ2) is 7.60. The second-order valence-electron chi connectivity index (χ2n) is 6.64. The lowest BCUT2D eigenvalue weighted by Crippen LogP contribution is -2.52. The molecule has 0 bridgehead atoms. The summed E-state index contributed by atoms with van der Waals surface area (Å²) in [6.07, 6.45) is 5.25. The van der Waals surface area contributed by atoms with E-state index in [-0.39, 0.29) is 34.8 Å². The van der Waals surface area contributed by atoms with Crippen molar-refractivity contribution in [2.75, 3.05) is 26.2 Å². The second-order valence-corrected chi connectivity index (χ2v) is 8.99. The van der Waals surface area contributed by atoms with E-state index in [1.807, 2.05) is 0 Å². The molecule has 1 saturated heterocycles. The fraction of sp³-hybridized carbons (Fsp3) is 0.588. The minimum absolute atomic E-state index is 0.0223. The number of benzene rings is 1. The van der Waals surface area contributed by atoms with Crippen molar-refractivity contribution in [2.24, 2.45) is 5.92 Å². The van der Waals surface area contributed by atoms with Crippen LogP contribution < -0.4 is 0 Å². The number of halogens is 2. The lowest BCUT2D eigenvalue weighted by molar-refractivity contribution is -0.137. The van der Waals surface area contributed by atoms with Crippen LogP contribution in [0.2, 0.25) is 5.02 Å². The first-order valence-corrected chi connectivity index (χ1v) is 10.5. The summed E-state index contributed by atoms with van der Waals surface area (Å²) in [5.74, 6) is -0.405. The average molecular weight is 389 g/mol. The topological polar surface area (TPSA) is 57.7 Å². The number of hydrogen-bond donors (Lipinski definition) is 0. The van der Waals surface area contributed by atoms with E-state index < -0.39 is 15.8 Å². The normalized spacial score (nSPS) is 20.6. The van der Waals surface area contributed by atoms with E-state index in [0.717, 1.165) is 37.8 Å². The van der Waals surface area contributed by atoms with Gasteiger partial charge in [-0.25, -0.2) is 12.8 Å². The zero-order valence-electron chi connectivity index (χ0n) is 14.0. The van der Waals surface area contributed by atoms with Gasteiger partial charge in [-0.15, -0.1) is 0 Å². The molecular formula is C17H22ClFN2O3S. The third-order valence-electron chi connectivity index (χ3n) is 5.03. The minimum Gasteiger partial charge on any atom is -0.340 e. The molecule has 138 valence electrons. The Morgan fingerprint density at radius 2 is 1.72 bits per heavy atom. The van der Waals surface area contributed by atoms with Crippen molar-refractivity contribution in [3.8, 4) is 0 Å². The highest BCUT2D eigenvalue weighted by molar-refractivity contribution is 7.89. The maximum atomic E-state index is 13.3. The van der Waals surface area contributed by atoms with Crippen LogP contribution >= 0.6 is 11.6 Å². The van der Waals surface area contributed by atoms with E-state index in [4.69, 9.17) is 11.6 Å². The Bertz CT molecular complexity index is 742. The lowest BCUT2D eigenvalue weighted by atomic mass is 9.88. The van der Waals surface area contributed by atoms with Crippen molar-refractivity contribution in [2.45, 2.75) is 37.0 Å². The molecule has 1 aliphatic heterocycles. The van der Waals surface area contributed by atoms with Gasteiger partial charge in [0, 0.05) is 32.1 Å². The van der Waals surface area contributed by atoms with E-state index in [0.29, 0.717) is 13.1 Å². The molecule has 2 aliphatic rings. The monoisotopic (exact) mass is 388 g/mol. The van der Waals surface area contributed by atoms with Gasteiger partial charge in [-0.2, -0.15) is 4.31 Å². The van der Waals surface area contributed by atoms with Crippen molar-refractivity contribution in [1.29, 1.82) is 0 Å². The summed E-state index contributed by atoms with van der Waals surface area (Å²) in [6.45, 7) is 1.28. The first-order chi connectivity index (χ1) is 11.9. The minimum atomic E-state index is -3.73. The van der Waals surface area contributed by atoms with E-state index >= 15 is 0 Å². The van der Waals surface area contributed by atoms with Crippen LogP contribution in [0.25, 0.3) is 0 Å². The highest BCUT2D eigenvalue weighted by Crippen LogP contribution is 2.27. The third kappa shape index (κ3) is 3.99. The number of sulfonamides is 1. The van der Waals surface area contributed by atoms with Crippen molar-refractivity contribution in [3.05, 3.63) is 29.0 Å². The summed E-state index contributed by atoms with van der Waals surface area (Å²) in [4.78, 5) is 14.3. The number of carbonyl (C=O) groups is 1. The van der Waals surface area contributed by atoms with Crippen LogP contribution in [-0.2, 0) is 14.8 Å². The molecule has 8 heteroatoms. The average Bonchev–Trinajstić information content (AvgIpc) is 2.64. The van der Waals surface area contributed by atoms with Crippen molar-refractivity contribution in [3.63, 3.8) is 0 Å². The van der Waals surface area contributed by atoms with Gasteiger partial charge >= 0.3 is 0 Å². The van der Waals surface area contributed by atoms with Crippen LogP contribution in [0.5, 0.6) is 0 Å². The molecular weight excluding hydrogens is 367 g/mol. The maximum absolute atomic E-state index is 13.3. The van der Waals surface area contributed by atoms with Crippen molar-refractivity contribution in [1.82, 2.24) is 9.21 Å². The molecule has 1 aromatic carbocycles. The summed E-state index contributed by atoms with van der Waals surface area (Å²) in [7, 11) is -3.73. The molecule has 0 radical (unpaired) electrons. The van der Waals surface area contributed by atoms with Gasteiger partial charge in [0.15, 0.2) is 0 Å². The number of nitrogens with zero attached hydrogens (tertiary/aromatic N) is 2. The van der Waals surface area contributed by atoms with Gasteiger partial charge < -0.3 is 4.90 Å². The predicted octanol–water partition coefficient (Wildman–Crippen LogP) is 2.89. The molecule has 1 aliphatic carbocycles. The van der Waals surface area contributed by atoms with Crippen LogP contribution in [0, 0.1) is 11.7 Å². The SMILES string of the molecule is O=C(C1CCCCC1)N1CCN(S(=O)(=O)c2ccc(F)c(Cl)c2)CC1. The summed E-state index contributed by atoms with van der Waals surface area (Å²) >= 11 is 5.70. The molecule has 0 N–H and O–H groups in total. The molecule has 5 nitrogen and oxygen atoms in total. The zero-order chi connectivity index (χ0) is 18.0. The Balaban J connectivity index is 1.64. The predicted molar refractivity (Wildman–Crippen MR) is 93.3 cm³/mol. The summed E-state index contributed by atoms with van der Waals surface area (Å²) < 4.78 is 39.9. The highest BCUT2D eigenvalue weighted by atomic mass is 35.5. The Kier molecular flexibility index (Phi) is 5.65. The molecule has 0 spiro atoms. The molecule has 1 amide bonds. The maximum Gasteiger partial charge on any atom is 0.243 e. The number of rotatable bonds is 3. The Morgan fingerprint density at radius 1 is 1.08 bits per heavy atom. The van der Waals surface area contributed by atoms with Gasteiger partial charge in [-0.1, -0.05) is 30.9 Å². The Morgan fingerprint density at radius 3 is 2.32 bits per heavy atom. The summed E-state index contributed by atoms with van der Waals surface area (Å²) in [5, 5.41) is -0.216.